The van der Waals surface area contributed by atoms with Gasteiger partial charge >= 0.3 is 11.8 Å². The highest BCUT2D eigenvalue weighted by Crippen LogP contribution is 2.22. The predicted octanol–water partition coefficient (Wildman–Crippen LogP) is -0.0345. The van der Waals surface area contributed by atoms with Crippen molar-refractivity contribution in [2.24, 2.45) is 0 Å². The second-order valence-corrected chi connectivity index (χ2v) is 6.73. The first kappa shape index (κ1) is 22.2. The van der Waals surface area contributed by atoms with Gasteiger partial charge in [-0.2, -0.15) is 0 Å². The number of nitrogens with one attached hydrogen (secondary N) is 2. The summed E-state index contributed by atoms with van der Waals surface area (Å²) in [7, 11) is 4.96. The van der Waals surface area contributed by atoms with Crippen molar-refractivity contribution in [3.63, 3.8) is 0 Å². The quantitative estimate of drug-likeness (QED) is 0.474. The van der Waals surface area contributed by atoms with Gasteiger partial charge in [-0.1, -0.05) is 12.1 Å². The largest absolute Gasteiger partial charge is 0.354 e. The Kier molecular flexibility index (Phi) is 8.78. The fourth-order valence-electron chi connectivity index (χ4n) is 3.07. The van der Waals surface area contributed by atoms with E-state index < -0.39 is 18.1 Å². The maximum Gasteiger partial charge on any atom is 0.309 e. The van der Waals surface area contributed by atoms with E-state index >= 15 is 0 Å². The lowest BCUT2D eigenvalue weighted by Gasteiger charge is -2.38. The van der Waals surface area contributed by atoms with Gasteiger partial charge in [-0.05, 0) is 24.7 Å². The Balaban J connectivity index is 1.97. The van der Waals surface area contributed by atoms with Crippen LogP contribution in [-0.4, -0.2) is 88.4 Å². The van der Waals surface area contributed by atoms with E-state index in [1.165, 1.54) is 26.4 Å². The van der Waals surface area contributed by atoms with Crippen LogP contribution in [0, 0.1) is 5.82 Å². The highest BCUT2D eigenvalue weighted by molar-refractivity contribution is 6.35. The monoisotopic (exact) mass is 396 g/mol. The number of carbonyl (C=O) groups excluding carboxylic acids is 2. The Morgan fingerprint density at radius 2 is 1.54 bits per heavy atom. The van der Waals surface area contributed by atoms with Crippen molar-refractivity contribution >= 4 is 11.8 Å². The maximum absolute atomic E-state index is 13.3. The summed E-state index contributed by atoms with van der Waals surface area (Å²) in [5, 5.41) is 5.15. The van der Waals surface area contributed by atoms with Gasteiger partial charge in [0.25, 0.3) is 0 Å². The number of halogens is 1. The van der Waals surface area contributed by atoms with Crippen LogP contribution in [0.1, 0.15) is 11.6 Å². The first-order valence-electron chi connectivity index (χ1n) is 9.24. The van der Waals surface area contributed by atoms with Gasteiger partial charge in [-0.15, -0.1) is 0 Å². The van der Waals surface area contributed by atoms with Gasteiger partial charge in [0.1, 0.15) is 5.82 Å². The lowest BCUT2D eigenvalue weighted by molar-refractivity contribution is -0.141. The second-order valence-electron chi connectivity index (χ2n) is 6.73. The van der Waals surface area contributed by atoms with Crippen LogP contribution in [0.3, 0.4) is 0 Å². The number of methoxy groups -OCH3 is 2. The number of hydrogen-bond acceptors (Lipinski definition) is 6. The lowest BCUT2D eigenvalue weighted by atomic mass is 10.0. The van der Waals surface area contributed by atoms with Crippen molar-refractivity contribution in [3.8, 4) is 0 Å². The SMILES string of the molecule is COC(CNC(=O)C(=O)NCC(c1ccc(F)cc1)N1CCN(C)CC1)OC. The number of benzene rings is 1. The predicted molar refractivity (Wildman–Crippen MR) is 102 cm³/mol. The highest BCUT2D eigenvalue weighted by atomic mass is 19.1. The summed E-state index contributed by atoms with van der Waals surface area (Å²) < 4.78 is 23.3. The van der Waals surface area contributed by atoms with Crippen molar-refractivity contribution in [2.75, 3.05) is 60.5 Å². The molecule has 1 saturated heterocycles. The number of piperazine rings is 1. The molecule has 0 aliphatic carbocycles. The zero-order valence-electron chi connectivity index (χ0n) is 16.6. The minimum Gasteiger partial charge on any atom is -0.354 e. The summed E-state index contributed by atoms with van der Waals surface area (Å²) in [6.45, 7) is 3.77. The summed E-state index contributed by atoms with van der Waals surface area (Å²) in [6.07, 6.45) is -0.617. The molecule has 0 bridgehead atoms. The minimum absolute atomic E-state index is 0.0686. The molecule has 2 rings (SSSR count). The molecule has 28 heavy (non-hydrogen) atoms. The summed E-state index contributed by atoms with van der Waals surface area (Å²) in [4.78, 5) is 28.6. The fourth-order valence-corrected chi connectivity index (χ4v) is 3.07. The van der Waals surface area contributed by atoms with Gasteiger partial charge in [-0.25, -0.2) is 4.39 Å². The number of amides is 2. The molecule has 9 heteroatoms. The molecular weight excluding hydrogens is 367 g/mol. The summed E-state index contributed by atoms with van der Waals surface area (Å²) in [6, 6.07) is 6.10. The van der Waals surface area contributed by atoms with Crippen LogP contribution in [0.15, 0.2) is 24.3 Å². The molecule has 2 N–H and O–H groups in total. The van der Waals surface area contributed by atoms with E-state index in [1.54, 1.807) is 12.1 Å². The number of hydrogen-bond donors (Lipinski definition) is 2. The maximum atomic E-state index is 13.3. The van der Waals surface area contributed by atoms with Gasteiger partial charge in [0.2, 0.25) is 0 Å². The van der Waals surface area contributed by atoms with Crippen molar-refractivity contribution in [2.45, 2.75) is 12.3 Å². The Morgan fingerprint density at radius 3 is 2.07 bits per heavy atom. The molecule has 1 aromatic rings. The number of carbonyl (C=O) groups is 2. The third kappa shape index (κ3) is 6.52. The molecule has 8 nitrogen and oxygen atoms in total. The minimum atomic E-state index is -0.754. The van der Waals surface area contributed by atoms with E-state index in [4.69, 9.17) is 9.47 Å². The number of likely N-dealkylation sites (N-methyl/N-ethyl adjacent to an activating group) is 1. The molecular formula is C19H29FN4O4. The second kappa shape index (κ2) is 11.1. The van der Waals surface area contributed by atoms with Crippen molar-refractivity contribution < 1.29 is 23.5 Å². The van der Waals surface area contributed by atoms with E-state index in [-0.39, 0.29) is 24.9 Å². The van der Waals surface area contributed by atoms with Crippen molar-refractivity contribution in [1.29, 1.82) is 0 Å². The Labute approximate surface area is 165 Å². The molecule has 2 amide bonds. The summed E-state index contributed by atoms with van der Waals surface area (Å²) in [5.41, 5.74) is 0.894. The number of rotatable bonds is 8. The van der Waals surface area contributed by atoms with Crippen LogP contribution in [0.2, 0.25) is 0 Å². The van der Waals surface area contributed by atoms with Gasteiger partial charge in [0, 0.05) is 46.9 Å². The summed E-state index contributed by atoms with van der Waals surface area (Å²) >= 11 is 0. The molecule has 0 saturated carbocycles. The van der Waals surface area contributed by atoms with Crippen LogP contribution in [0.4, 0.5) is 4.39 Å². The van der Waals surface area contributed by atoms with E-state index in [9.17, 15) is 14.0 Å². The molecule has 1 aromatic carbocycles. The topological polar surface area (TPSA) is 83.1 Å². The normalized spacial score (nSPS) is 16.8. The van der Waals surface area contributed by atoms with Crippen LogP contribution >= 0.6 is 0 Å². The van der Waals surface area contributed by atoms with Crippen molar-refractivity contribution in [3.05, 3.63) is 35.6 Å². The van der Waals surface area contributed by atoms with Gasteiger partial charge in [-0.3, -0.25) is 14.5 Å². The van der Waals surface area contributed by atoms with E-state index in [0.29, 0.717) is 0 Å². The van der Waals surface area contributed by atoms with E-state index in [2.05, 4.69) is 27.5 Å². The van der Waals surface area contributed by atoms with Crippen LogP contribution < -0.4 is 10.6 Å². The summed E-state index contributed by atoms with van der Waals surface area (Å²) in [5.74, 6) is -1.79. The van der Waals surface area contributed by atoms with Gasteiger partial charge < -0.3 is 25.0 Å². The first-order valence-corrected chi connectivity index (χ1v) is 9.24. The molecule has 1 atom stereocenters. The Hall–Kier alpha value is -2.07. The molecule has 0 radical (unpaired) electrons. The third-order valence-corrected chi connectivity index (χ3v) is 4.85. The zero-order chi connectivity index (χ0) is 20.5. The highest BCUT2D eigenvalue weighted by Gasteiger charge is 2.25. The third-order valence-electron chi connectivity index (χ3n) is 4.85. The molecule has 156 valence electrons. The number of ether oxygens (including phenoxy) is 2. The lowest BCUT2D eigenvalue weighted by Crippen LogP contribution is -2.50. The molecule has 1 aliphatic heterocycles. The van der Waals surface area contributed by atoms with Gasteiger partial charge in [0.05, 0.1) is 12.6 Å². The van der Waals surface area contributed by atoms with E-state index in [1.807, 2.05) is 0 Å². The number of nitrogens with zero attached hydrogens (tertiary/aromatic N) is 2. The molecule has 1 fully saturated rings. The average Bonchev–Trinajstić information content (AvgIpc) is 2.71. The Bertz CT molecular complexity index is 631. The first-order chi connectivity index (χ1) is 13.4. The van der Waals surface area contributed by atoms with E-state index in [0.717, 1.165) is 31.7 Å². The van der Waals surface area contributed by atoms with Crippen LogP contribution in [0.25, 0.3) is 0 Å². The van der Waals surface area contributed by atoms with Crippen LogP contribution in [-0.2, 0) is 19.1 Å². The molecule has 1 aliphatic rings. The molecule has 1 unspecified atom stereocenters. The molecule has 1 heterocycles. The van der Waals surface area contributed by atoms with Crippen LogP contribution in [0.5, 0.6) is 0 Å². The molecule has 0 aromatic heterocycles. The van der Waals surface area contributed by atoms with Gasteiger partial charge in [0.15, 0.2) is 6.29 Å². The average molecular weight is 396 g/mol. The standard InChI is InChI=1S/C19H29FN4O4/c1-23-8-10-24(11-9-23)16(14-4-6-15(20)7-5-14)12-21-18(25)19(26)22-13-17(27-2)28-3/h4-7,16-17H,8-13H2,1-3H3,(H,21,25)(H,22,26). The Morgan fingerprint density at radius 1 is 1.00 bits per heavy atom. The smallest absolute Gasteiger partial charge is 0.309 e. The van der Waals surface area contributed by atoms with Crippen molar-refractivity contribution in [1.82, 2.24) is 20.4 Å². The fraction of sp³-hybridized carbons (Fsp3) is 0.579. The zero-order valence-corrected chi connectivity index (χ0v) is 16.6. The molecule has 0 spiro atoms.